The van der Waals surface area contributed by atoms with Gasteiger partial charge in [-0.1, -0.05) is 19.9 Å². The molecular formula is C22H29N3O2. The van der Waals surface area contributed by atoms with E-state index in [4.69, 9.17) is 10.5 Å². The average molecular weight is 367 g/mol. The Hall–Kier alpha value is -2.40. The van der Waals surface area contributed by atoms with Crippen molar-refractivity contribution >= 4 is 5.91 Å². The molecule has 1 unspecified atom stereocenters. The maximum atomic E-state index is 11.1. The first-order valence-electron chi connectivity index (χ1n) is 9.80. The third kappa shape index (κ3) is 5.30. The van der Waals surface area contributed by atoms with E-state index in [2.05, 4.69) is 36.3 Å². The van der Waals surface area contributed by atoms with E-state index in [1.165, 1.54) is 36.6 Å². The van der Waals surface area contributed by atoms with Gasteiger partial charge in [0.1, 0.15) is 5.75 Å². The van der Waals surface area contributed by atoms with Crippen LogP contribution in [0.1, 0.15) is 60.5 Å². The molecule has 3 N–H and O–H groups in total. The first kappa shape index (κ1) is 19.4. The number of rotatable bonds is 8. The van der Waals surface area contributed by atoms with Crippen molar-refractivity contribution in [2.45, 2.75) is 45.4 Å². The Labute approximate surface area is 161 Å². The van der Waals surface area contributed by atoms with E-state index < -0.39 is 5.91 Å². The van der Waals surface area contributed by atoms with Crippen LogP contribution in [0, 0.1) is 5.92 Å². The lowest BCUT2D eigenvalue weighted by Crippen LogP contribution is -2.25. The minimum absolute atomic E-state index is 0.376. The molecule has 1 aliphatic rings. The lowest BCUT2D eigenvalue weighted by Gasteiger charge is -2.26. The molecule has 3 rings (SSSR count). The maximum Gasteiger partial charge on any atom is 0.250 e. The molecule has 0 spiro atoms. The predicted molar refractivity (Wildman–Crippen MR) is 107 cm³/mol. The fraction of sp³-hybridized carbons (Fsp3) is 0.455. The summed E-state index contributed by atoms with van der Waals surface area (Å²) in [7, 11) is 0. The van der Waals surface area contributed by atoms with Crippen molar-refractivity contribution in [3.63, 3.8) is 0 Å². The molecule has 0 bridgehead atoms. The number of amides is 1. The fourth-order valence-electron chi connectivity index (χ4n) is 3.54. The second kappa shape index (κ2) is 9.00. The molecule has 0 radical (unpaired) electrons. The SMILES string of the molecule is CC(C)CCNCC1CCCc2cc(Oc3ccc(C(N)=O)cn3)ccc21. The van der Waals surface area contributed by atoms with Gasteiger partial charge in [0.05, 0.1) is 5.56 Å². The largest absolute Gasteiger partial charge is 0.439 e. The summed E-state index contributed by atoms with van der Waals surface area (Å²) in [6, 6.07) is 9.62. The van der Waals surface area contributed by atoms with Crippen LogP contribution in [0.15, 0.2) is 36.5 Å². The van der Waals surface area contributed by atoms with Crippen molar-refractivity contribution < 1.29 is 9.53 Å². The van der Waals surface area contributed by atoms with Gasteiger partial charge in [0.2, 0.25) is 11.8 Å². The molecule has 1 aromatic carbocycles. The van der Waals surface area contributed by atoms with Gasteiger partial charge in [0, 0.05) is 18.8 Å². The molecule has 144 valence electrons. The highest BCUT2D eigenvalue weighted by molar-refractivity contribution is 5.92. The van der Waals surface area contributed by atoms with Crippen LogP contribution in [0.4, 0.5) is 0 Å². The zero-order valence-electron chi connectivity index (χ0n) is 16.2. The Morgan fingerprint density at radius 2 is 2.19 bits per heavy atom. The molecule has 2 aromatic rings. The van der Waals surface area contributed by atoms with Gasteiger partial charge >= 0.3 is 0 Å². The third-order valence-electron chi connectivity index (χ3n) is 5.09. The summed E-state index contributed by atoms with van der Waals surface area (Å²) in [5, 5.41) is 3.62. The number of carbonyl (C=O) groups is 1. The van der Waals surface area contributed by atoms with Crippen molar-refractivity contribution in [2.24, 2.45) is 11.7 Å². The minimum Gasteiger partial charge on any atom is -0.439 e. The standard InChI is InChI=1S/C22H29N3O2/c1-15(2)10-11-24-13-17-5-3-4-16-12-19(7-8-20(16)17)27-21-9-6-18(14-25-21)22(23)26/h6-9,12,14-15,17,24H,3-5,10-11,13H2,1-2H3,(H2,23,26). The number of aromatic nitrogens is 1. The number of ether oxygens (including phenoxy) is 1. The van der Waals surface area contributed by atoms with E-state index in [1.54, 1.807) is 12.1 Å². The molecule has 1 aromatic heterocycles. The lowest BCUT2D eigenvalue weighted by atomic mass is 9.82. The highest BCUT2D eigenvalue weighted by atomic mass is 16.5. The quantitative estimate of drug-likeness (QED) is 0.691. The highest BCUT2D eigenvalue weighted by Crippen LogP contribution is 2.34. The van der Waals surface area contributed by atoms with Gasteiger partial charge in [-0.15, -0.1) is 0 Å². The van der Waals surface area contributed by atoms with Crippen LogP contribution in [0.5, 0.6) is 11.6 Å². The van der Waals surface area contributed by atoms with Crippen molar-refractivity contribution in [1.29, 1.82) is 0 Å². The predicted octanol–water partition coefficient (Wildman–Crippen LogP) is 4.03. The molecule has 1 amide bonds. The molecule has 0 saturated carbocycles. The first-order chi connectivity index (χ1) is 13.0. The van der Waals surface area contributed by atoms with Gasteiger partial charge in [0.25, 0.3) is 0 Å². The van der Waals surface area contributed by atoms with Gasteiger partial charge in [-0.05, 0) is 73.4 Å². The molecule has 0 fully saturated rings. The van der Waals surface area contributed by atoms with E-state index in [9.17, 15) is 4.79 Å². The molecule has 5 heteroatoms. The number of nitrogens with two attached hydrogens (primary N) is 1. The summed E-state index contributed by atoms with van der Waals surface area (Å²) in [6.45, 7) is 6.64. The Balaban J connectivity index is 1.64. The number of nitrogens with zero attached hydrogens (tertiary/aromatic N) is 1. The second-order valence-corrected chi connectivity index (χ2v) is 7.69. The van der Waals surface area contributed by atoms with Crippen molar-refractivity contribution in [3.8, 4) is 11.6 Å². The van der Waals surface area contributed by atoms with Crippen LogP contribution in [0.3, 0.4) is 0 Å². The Bertz CT molecular complexity index is 772. The third-order valence-corrected chi connectivity index (χ3v) is 5.09. The van der Waals surface area contributed by atoms with Gasteiger partial charge in [-0.3, -0.25) is 4.79 Å². The van der Waals surface area contributed by atoms with Gasteiger partial charge in [-0.2, -0.15) is 0 Å². The summed E-state index contributed by atoms with van der Waals surface area (Å²) >= 11 is 0. The Morgan fingerprint density at radius 1 is 1.33 bits per heavy atom. The smallest absolute Gasteiger partial charge is 0.250 e. The van der Waals surface area contributed by atoms with Gasteiger partial charge in [-0.25, -0.2) is 4.98 Å². The fourth-order valence-corrected chi connectivity index (χ4v) is 3.54. The molecule has 1 aliphatic carbocycles. The molecule has 1 heterocycles. The van der Waals surface area contributed by atoms with Crippen molar-refractivity contribution in [2.75, 3.05) is 13.1 Å². The molecular weight excluding hydrogens is 338 g/mol. The first-order valence-corrected chi connectivity index (χ1v) is 9.80. The summed E-state index contributed by atoms with van der Waals surface area (Å²) in [5.41, 5.74) is 8.41. The number of hydrogen-bond acceptors (Lipinski definition) is 4. The number of fused-ring (bicyclic) bond motifs is 1. The van der Waals surface area contributed by atoms with E-state index in [-0.39, 0.29) is 0 Å². The van der Waals surface area contributed by atoms with Crippen LogP contribution < -0.4 is 15.8 Å². The number of aryl methyl sites for hydroxylation is 1. The number of pyridine rings is 1. The van der Waals surface area contributed by atoms with Crippen LogP contribution in [0.25, 0.3) is 0 Å². The summed E-state index contributed by atoms with van der Waals surface area (Å²) < 4.78 is 5.86. The molecule has 27 heavy (non-hydrogen) atoms. The topological polar surface area (TPSA) is 77.2 Å². The van der Waals surface area contributed by atoms with Crippen LogP contribution in [-0.2, 0) is 6.42 Å². The van der Waals surface area contributed by atoms with E-state index >= 15 is 0 Å². The number of benzene rings is 1. The zero-order chi connectivity index (χ0) is 19.2. The van der Waals surface area contributed by atoms with Gasteiger partial charge in [0.15, 0.2) is 0 Å². The summed E-state index contributed by atoms with van der Waals surface area (Å²) in [4.78, 5) is 15.3. The number of carbonyl (C=O) groups excluding carboxylic acids is 1. The molecule has 1 atom stereocenters. The lowest BCUT2D eigenvalue weighted by molar-refractivity contribution is 0.1000. The number of nitrogens with one attached hydrogen (secondary N) is 1. The van der Waals surface area contributed by atoms with Crippen LogP contribution in [-0.4, -0.2) is 24.0 Å². The minimum atomic E-state index is -0.490. The average Bonchev–Trinajstić information content (AvgIpc) is 2.65. The van der Waals surface area contributed by atoms with Crippen LogP contribution in [0.2, 0.25) is 0 Å². The Kier molecular flexibility index (Phi) is 6.45. The maximum absolute atomic E-state index is 11.1. The molecule has 0 aliphatic heterocycles. The summed E-state index contributed by atoms with van der Waals surface area (Å²) in [5.74, 6) is 2.06. The number of primary amides is 1. The number of hydrogen-bond donors (Lipinski definition) is 2. The highest BCUT2D eigenvalue weighted by Gasteiger charge is 2.20. The molecule has 0 saturated heterocycles. The zero-order valence-corrected chi connectivity index (χ0v) is 16.2. The van der Waals surface area contributed by atoms with Crippen molar-refractivity contribution in [3.05, 3.63) is 53.2 Å². The van der Waals surface area contributed by atoms with E-state index in [0.717, 1.165) is 31.2 Å². The van der Waals surface area contributed by atoms with E-state index in [1.807, 2.05) is 6.07 Å². The second-order valence-electron chi connectivity index (χ2n) is 7.69. The van der Waals surface area contributed by atoms with Gasteiger partial charge < -0.3 is 15.8 Å². The Morgan fingerprint density at radius 3 is 2.89 bits per heavy atom. The van der Waals surface area contributed by atoms with Crippen LogP contribution >= 0.6 is 0 Å². The summed E-state index contributed by atoms with van der Waals surface area (Å²) in [6.07, 6.45) is 6.18. The normalized spacial score (nSPS) is 16.2. The van der Waals surface area contributed by atoms with Crippen molar-refractivity contribution in [1.82, 2.24) is 10.3 Å². The van der Waals surface area contributed by atoms with E-state index in [0.29, 0.717) is 17.4 Å². The molecule has 5 nitrogen and oxygen atoms in total. The monoisotopic (exact) mass is 367 g/mol.